The van der Waals surface area contributed by atoms with Crippen LogP contribution in [0.1, 0.15) is 70.6 Å². The van der Waals surface area contributed by atoms with Gasteiger partial charge < -0.3 is 0 Å². The summed E-state index contributed by atoms with van der Waals surface area (Å²) in [5, 5.41) is 4.69. The fourth-order valence-electron chi connectivity index (χ4n) is 4.63. The SMILES string of the molecule is O=S(=O)(NC1CCCCCCCCCCC1)c1cn(-c2ccccc2)nc1-c1ccccc1. The first-order valence-electron chi connectivity index (χ1n) is 12.4. The van der Waals surface area contributed by atoms with E-state index in [1.807, 2.05) is 60.7 Å². The Bertz CT molecular complexity index is 1080. The van der Waals surface area contributed by atoms with Gasteiger partial charge >= 0.3 is 0 Å². The lowest BCUT2D eigenvalue weighted by Gasteiger charge is -2.19. The highest BCUT2D eigenvalue weighted by atomic mass is 32.2. The van der Waals surface area contributed by atoms with Gasteiger partial charge in [-0.05, 0) is 25.0 Å². The van der Waals surface area contributed by atoms with Gasteiger partial charge in [0.15, 0.2) is 0 Å². The molecular formula is C27H35N3O2S. The molecule has 0 radical (unpaired) electrons. The van der Waals surface area contributed by atoms with Gasteiger partial charge in [0.25, 0.3) is 0 Å². The van der Waals surface area contributed by atoms with Gasteiger partial charge in [0.05, 0.1) is 11.9 Å². The minimum atomic E-state index is -3.72. The monoisotopic (exact) mass is 465 g/mol. The predicted octanol–water partition coefficient (Wildman–Crippen LogP) is 6.49. The molecule has 0 unspecified atom stereocenters. The minimum Gasteiger partial charge on any atom is -0.239 e. The zero-order valence-corrected chi connectivity index (χ0v) is 20.1. The summed E-state index contributed by atoms with van der Waals surface area (Å²) < 4.78 is 32.0. The van der Waals surface area contributed by atoms with Crippen LogP contribution in [0.2, 0.25) is 0 Å². The van der Waals surface area contributed by atoms with E-state index in [1.165, 1.54) is 44.9 Å². The van der Waals surface area contributed by atoms with Gasteiger partial charge in [0.2, 0.25) is 10.0 Å². The number of nitrogens with zero attached hydrogens (tertiary/aromatic N) is 2. The largest absolute Gasteiger partial charge is 0.244 e. The second-order valence-electron chi connectivity index (χ2n) is 9.07. The van der Waals surface area contributed by atoms with Crippen molar-refractivity contribution in [3.8, 4) is 16.9 Å². The number of hydrogen-bond donors (Lipinski definition) is 1. The summed E-state index contributed by atoms with van der Waals surface area (Å²) in [6, 6.07) is 19.2. The Morgan fingerprint density at radius 1 is 0.727 bits per heavy atom. The summed E-state index contributed by atoms with van der Waals surface area (Å²) in [5.74, 6) is 0. The minimum absolute atomic E-state index is 0.0295. The Hall–Kier alpha value is -2.44. The number of hydrogen-bond acceptors (Lipinski definition) is 3. The van der Waals surface area contributed by atoms with Crippen molar-refractivity contribution in [1.29, 1.82) is 0 Å². The van der Waals surface area contributed by atoms with Gasteiger partial charge in [0, 0.05) is 11.6 Å². The highest BCUT2D eigenvalue weighted by Crippen LogP contribution is 2.28. The first-order valence-corrected chi connectivity index (χ1v) is 13.8. The molecule has 0 amide bonds. The molecule has 1 saturated carbocycles. The summed E-state index contributed by atoms with van der Waals surface area (Å²) in [6.07, 6.45) is 14.4. The Balaban J connectivity index is 1.61. The maximum atomic E-state index is 13.6. The summed E-state index contributed by atoms with van der Waals surface area (Å²) in [6.45, 7) is 0. The molecule has 1 N–H and O–H groups in total. The molecule has 176 valence electrons. The number of sulfonamides is 1. The predicted molar refractivity (Wildman–Crippen MR) is 134 cm³/mol. The second kappa shape index (κ2) is 11.6. The van der Waals surface area contributed by atoms with E-state index in [1.54, 1.807) is 10.9 Å². The summed E-state index contributed by atoms with van der Waals surface area (Å²) >= 11 is 0. The van der Waals surface area contributed by atoms with E-state index in [4.69, 9.17) is 5.10 Å². The van der Waals surface area contributed by atoms with Crippen molar-refractivity contribution in [2.45, 2.75) is 81.6 Å². The highest BCUT2D eigenvalue weighted by Gasteiger charge is 2.27. The van der Waals surface area contributed by atoms with Crippen molar-refractivity contribution < 1.29 is 8.42 Å². The molecule has 33 heavy (non-hydrogen) atoms. The second-order valence-corrected chi connectivity index (χ2v) is 10.7. The van der Waals surface area contributed by atoms with Gasteiger partial charge in [-0.2, -0.15) is 5.10 Å². The van der Waals surface area contributed by atoms with Crippen LogP contribution in [0.4, 0.5) is 0 Å². The van der Waals surface area contributed by atoms with Gasteiger partial charge in [0.1, 0.15) is 10.6 Å². The summed E-state index contributed by atoms with van der Waals surface area (Å²) in [7, 11) is -3.72. The molecule has 5 nitrogen and oxygen atoms in total. The molecule has 1 aliphatic rings. The highest BCUT2D eigenvalue weighted by molar-refractivity contribution is 7.89. The Labute approximate surface area is 198 Å². The lowest BCUT2D eigenvalue weighted by molar-refractivity contribution is 0.440. The van der Waals surface area contributed by atoms with Crippen molar-refractivity contribution in [1.82, 2.24) is 14.5 Å². The first kappa shape index (κ1) is 23.7. The molecule has 1 heterocycles. The third kappa shape index (κ3) is 6.55. The molecule has 0 bridgehead atoms. The molecule has 0 aliphatic heterocycles. The molecule has 3 aromatic rings. The van der Waals surface area contributed by atoms with Crippen LogP contribution in [0.15, 0.2) is 71.8 Å². The van der Waals surface area contributed by atoms with Crippen molar-refractivity contribution in [2.24, 2.45) is 0 Å². The first-order chi connectivity index (χ1) is 16.1. The van der Waals surface area contributed by atoms with Crippen LogP contribution in [-0.4, -0.2) is 24.2 Å². The average Bonchev–Trinajstić information content (AvgIpc) is 3.29. The quantitative estimate of drug-likeness (QED) is 0.468. The maximum Gasteiger partial charge on any atom is 0.244 e. The molecule has 1 aromatic heterocycles. The molecule has 0 atom stereocenters. The van der Waals surface area contributed by atoms with E-state index in [0.29, 0.717) is 5.69 Å². The van der Waals surface area contributed by atoms with Crippen LogP contribution in [0.25, 0.3) is 16.9 Å². The lowest BCUT2D eigenvalue weighted by atomic mass is 9.98. The fourth-order valence-corrected chi connectivity index (χ4v) is 6.08. The molecule has 0 saturated heterocycles. The zero-order chi connectivity index (χ0) is 22.9. The number of nitrogens with one attached hydrogen (secondary N) is 1. The van der Waals surface area contributed by atoms with Crippen molar-refractivity contribution in [3.05, 3.63) is 66.9 Å². The van der Waals surface area contributed by atoms with Crippen molar-refractivity contribution in [3.63, 3.8) is 0 Å². The Kier molecular flexibility index (Phi) is 8.35. The molecule has 1 fully saturated rings. The van der Waals surface area contributed by atoms with Crippen molar-refractivity contribution >= 4 is 10.0 Å². The van der Waals surface area contributed by atoms with Gasteiger partial charge in [-0.25, -0.2) is 17.8 Å². The molecule has 1 aliphatic carbocycles. The van der Waals surface area contributed by atoms with Gasteiger partial charge in [-0.3, -0.25) is 0 Å². The van der Waals surface area contributed by atoms with Crippen LogP contribution in [0.5, 0.6) is 0 Å². The topological polar surface area (TPSA) is 64.0 Å². The zero-order valence-electron chi connectivity index (χ0n) is 19.3. The molecule has 2 aromatic carbocycles. The van der Waals surface area contributed by atoms with Gasteiger partial charge in [-0.1, -0.05) is 106 Å². The molecule has 4 rings (SSSR count). The Morgan fingerprint density at radius 3 is 1.82 bits per heavy atom. The third-order valence-corrected chi connectivity index (χ3v) is 7.99. The maximum absolute atomic E-state index is 13.6. The van der Waals surface area contributed by atoms with Crippen LogP contribution >= 0.6 is 0 Å². The standard InChI is InChI=1S/C27H35N3O2S/c31-33(32,29-24-18-12-6-4-2-1-3-5-7-13-19-24)26-22-30(25-20-14-9-15-21-25)28-27(26)23-16-10-8-11-17-23/h8-11,14-17,20-22,24,29H,1-7,12-13,18-19H2. The molecular weight excluding hydrogens is 430 g/mol. The number of rotatable bonds is 5. The average molecular weight is 466 g/mol. The number of benzene rings is 2. The van der Waals surface area contributed by atoms with E-state index in [-0.39, 0.29) is 10.9 Å². The van der Waals surface area contributed by atoms with E-state index in [9.17, 15) is 8.42 Å². The summed E-state index contributed by atoms with van der Waals surface area (Å²) in [4.78, 5) is 0.240. The fraction of sp³-hybridized carbons (Fsp3) is 0.444. The van der Waals surface area contributed by atoms with E-state index in [2.05, 4.69) is 4.72 Å². The van der Waals surface area contributed by atoms with Crippen LogP contribution in [-0.2, 0) is 10.0 Å². The lowest BCUT2D eigenvalue weighted by Crippen LogP contribution is -2.35. The molecule has 6 heteroatoms. The van der Waals surface area contributed by atoms with Crippen LogP contribution < -0.4 is 4.72 Å². The molecule has 0 spiro atoms. The van der Waals surface area contributed by atoms with Crippen molar-refractivity contribution in [2.75, 3.05) is 0 Å². The number of para-hydroxylation sites is 1. The van der Waals surface area contributed by atoms with Crippen LogP contribution in [0.3, 0.4) is 0 Å². The van der Waals surface area contributed by atoms with E-state index < -0.39 is 10.0 Å². The Morgan fingerprint density at radius 2 is 1.24 bits per heavy atom. The van der Waals surface area contributed by atoms with E-state index >= 15 is 0 Å². The normalized spacial score (nSPS) is 17.2. The van der Waals surface area contributed by atoms with Gasteiger partial charge in [-0.15, -0.1) is 0 Å². The van der Waals surface area contributed by atoms with Crippen LogP contribution in [0, 0.1) is 0 Å². The smallest absolute Gasteiger partial charge is 0.239 e. The summed E-state index contributed by atoms with van der Waals surface area (Å²) in [5.41, 5.74) is 2.12. The van der Waals surface area contributed by atoms with E-state index in [0.717, 1.165) is 36.9 Å². The number of aromatic nitrogens is 2. The third-order valence-electron chi connectivity index (χ3n) is 6.47.